The van der Waals surface area contributed by atoms with Gasteiger partial charge in [-0.3, -0.25) is 4.79 Å². The van der Waals surface area contributed by atoms with E-state index in [1.807, 2.05) is 17.5 Å². The van der Waals surface area contributed by atoms with Crippen LogP contribution in [0.3, 0.4) is 0 Å². The highest BCUT2D eigenvalue weighted by atomic mass is 32.1. The number of amides is 1. The molecule has 2 aliphatic heterocycles. The molecule has 1 unspecified atom stereocenters. The summed E-state index contributed by atoms with van der Waals surface area (Å²) in [4.78, 5) is 18.4. The highest BCUT2D eigenvalue weighted by molar-refractivity contribution is 7.09. The summed E-state index contributed by atoms with van der Waals surface area (Å²) in [6.07, 6.45) is 6.36. The number of rotatable bonds is 2. The lowest BCUT2D eigenvalue weighted by atomic mass is 10.2. The maximum atomic E-state index is 12.1. The Hall–Kier alpha value is -1.20. The van der Waals surface area contributed by atoms with Crippen LogP contribution in [0.2, 0.25) is 0 Å². The second-order valence-corrected chi connectivity index (χ2v) is 5.29. The number of nitrogens with zero attached hydrogens (tertiary/aromatic N) is 2. The van der Waals surface area contributed by atoms with Gasteiger partial charge in [0.15, 0.2) is 0 Å². The molecule has 17 heavy (non-hydrogen) atoms. The molecule has 0 saturated carbocycles. The Kier molecular flexibility index (Phi) is 2.94. The molecule has 2 aliphatic rings. The van der Waals surface area contributed by atoms with E-state index in [4.69, 9.17) is 0 Å². The van der Waals surface area contributed by atoms with Crippen LogP contribution in [-0.2, 0) is 0 Å². The fourth-order valence-corrected chi connectivity index (χ4v) is 3.15. The van der Waals surface area contributed by atoms with Crippen molar-refractivity contribution in [2.45, 2.75) is 18.9 Å². The molecule has 4 nitrogen and oxygen atoms in total. The Morgan fingerprint density at radius 3 is 3.00 bits per heavy atom. The van der Waals surface area contributed by atoms with Gasteiger partial charge in [0.1, 0.15) is 10.7 Å². The Morgan fingerprint density at radius 1 is 1.47 bits per heavy atom. The molecule has 0 spiro atoms. The third kappa shape index (κ3) is 2.12. The van der Waals surface area contributed by atoms with Gasteiger partial charge in [-0.05, 0) is 19.4 Å². The fourth-order valence-electron chi connectivity index (χ4n) is 2.25. The maximum Gasteiger partial charge on any atom is 0.273 e. The van der Waals surface area contributed by atoms with Crippen LogP contribution in [0.15, 0.2) is 17.5 Å². The third-order valence-electron chi connectivity index (χ3n) is 3.20. The van der Waals surface area contributed by atoms with E-state index in [1.165, 1.54) is 6.42 Å². The molecule has 0 aliphatic carbocycles. The largest absolute Gasteiger partial charge is 0.330 e. The minimum absolute atomic E-state index is 0.0514. The van der Waals surface area contributed by atoms with E-state index in [-0.39, 0.29) is 5.91 Å². The van der Waals surface area contributed by atoms with Crippen molar-refractivity contribution in [3.8, 4) is 0 Å². The minimum atomic E-state index is 0.0514. The van der Waals surface area contributed by atoms with Crippen LogP contribution in [0, 0.1) is 0 Å². The summed E-state index contributed by atoms with van der Waals surface area (Å²) < 4.78 is 0. The van der Waals surface area contributed by atoms with Gasteiger partial charge in [-0.1, -0.05) is 12.2 Å². The van der Waals surface area contributed by atoms with Gasteiger partial charge in [-0.25, -0.2) is 4.98 Å². The van der Waals surface area contributed by atoms with Gasteiger partial charge in [-0.15, -0.1) is 11.3 Å². The SMILES string of the molecule is O=C(c1csc(C2CCCN2)n1)N1CC=CC1. The first kappa shape index (κ1) is 10.9. The molecule has 3 heterocycles. The van der Waals surface area contributed by atoms with Crippen molar-refractivity contribution in [3.05, 3.63) is 28.2 Å². The zero-order chi connectivity index (χ0) is 11.7. The van der Waals surface area contributed by atoms with Gasteiger partial charge < -0.3 is 10.2 Å². The van der Waals surface area contributed by atoms with Crippen LogP contribution >= 0.6 is 11.3 Å². The molecule has 1 fully saturated rings. The molecule has 0 radical (unpaired) electrons. The molecule has 90 valence electrons. The van der Waals surface area contributed by atoms with E-state index in [2.05, 4.69) is 10.3 Å². The van der Waals surface area contributed by atoms with Crippen molar-refractivity contribution in [2.75, 3.05) is 19.6 Å². The van der Waals surface area contributed by atoms with Gasteiger partial charge in [0.05, 0.1) is 6.04 Å². The van der Waals surface area contributed by atoms with Crippen LogP contribution < -0.4 is 5.32 Å². The van der Waals surface area contributed by atoms with Gasteiger partial charge in [0, 0.05) is 18.5 Å². The highest BCUT2D eigenvalue weighted by Gasteiger charge is 2.23. The molecule has 1 N–H and O–H groups in total. The minimum Gasteiger partial charge on any atom is -0.330 e. The molecule has 0 aromatic carbocycles. The molecule has 1 saturated heterocycles. The molecule has 1 atom stereocenters. The second-order valence-electron chi connectivity index (χ2n) is 4.40. The number of carbonyl (C=O) groups is 1. The zero-order valence-corrected chi connectivity index (χ0v) is 10.4. The van der Waals surface area contributed by atoms with E-state index < -0.39 is 0 Å². The number of hydrogen-bond acceptors (Lipinski definition) is 4. The Balaban J connectivity index is 1.73. The van der Waals surface area contributed by atoms with E-state index in [0.29, 0.717) is 24.8 Å². The molecule has 0 bridgehead atoms. The van der Waals surface area contributed by atoms with Gasteiger partial charge in [-0.2, -0.15) is 0 Å². The zero-order valence-electron chi connectivity index (χ0n) is 9.56. The van der Waals surface area contributed by atoms with Crippen molar-refractivity contribution in [1.29, 1.82) is 0 Å². The second kappa shape index (κ2) is 4.58. The van der Waals surface area contributed by atoms with E-state index >= 15 is 0 Å². The van der Waals surface area contributed by atoms with Crippen LogP contribution in [0.5, 0.6) is 0 Å². The number of thiazole rings is 1. The van der Waals surface area contributed by atoms with E-state index in [0.717, 1.165) is 18.0 Å². The first-order chi connectivity index (χ1) is 8.34. The summed E-state index contributed by atoms with van der Waals surface area (Å²) in [5.41, 5.74) is 0.599. The number of carbonyl (C=O) groups excluding carboxylic acids is 1. The van der Waals surface area contributed by atoms with Gasteiger partial charge in [0.25, 0.3) is 5.91 Å². The van der Waals surface area contributed by atoms with Crippen molar-refractivity contribution in [3.63, 3.8) is 0 Å². The average molecular weight is 249 g/mol. The van der Waals surface area contributed by atoms with E-state index in [1.54, 1.807) is 16.2 Å². The van der Waals surface area contributed by atoms with Crippen molar-refractivity contribution < 1.29 is 4.79 Å². The van der Waals surface area contributed by atoms with E-state index in [9.17, 15) is 4.79 Å². The Morgan fingerprint density at radius 2 is 2.29 bits per heavy atom. The monoisotopic (exact) mass is 249 g/mol. The van der Waals surface area contributed by atoms with Gasteiger partial charge in [0.2, 0.25) is 0 Å². The average Bonchev–Trinajstić information content (AvgIpc) is 3.09. The number of nitrogens with one attached hydrogen (secondary N) is 1. The smallest absolute Gasteiger partial charge is 0.273 e. The van der Waals surface area contributed by atoms with Crippen LogP contribution in [0.1, 0.15) is 34.4 Å². The summed E-state index contributed by atoms with van der Waals surface area (Å²) in [7, 11) is 0. The molecule has 5 heteroatoms. The number of aromatic nitrogens is 1. The third-order valence-corrected chi connectivity index (χ3v) is 4.16. The van der Waals surface area contributed by atoms with Crippen molar-refractivity contribution >= 4 is 17.2 Å². The van der Waals surface area contributed by atoms with Crippen molar-refractivity contribution in [2.24, 2.45) is 0 Å². The summed E-state index contributed by atoms with van der Waals surface area (Å²) in [5.74, 6) is 0.0514. The quantitative estimate of drug-likeness (QED) is 0.809. The Bertz CT molecular complexity index is 440. The topological polar surface area (TPSA) is 45.2 Å². The predicted octanol–water partition coefficient (Wildman–Crippen LogP) is 1.58. The first-order valence-electron chi connectivity index (χ1n) is 5.97. The summed E-state index contributed by atoms with van der Waals surface area (Å²) in [5, 5.41) is 6.34. The van der Waals surface area contributed by atoms with Crippen molar-refractivity contribution in [1.82, 2.24) is 15.2 Å². The summed E-state index contributed by atoms with van der Waals surface area (Å²) >= 11 is 1.59. The van der Waals surface area contributed by atoms with Crippen LogP contribution in [0.25, 0.3) is 0 Å². The predicted molar refractivity (Wildman–Crippen MR) is 67.1 cm³/mol. The van der Waals surface area contributed by atoms with Crippen LogP contribution in [0.4, 0.5) is 0 Å². The molecule has 1 aromatic heterocycles. The lowest BCUT2D eigenvalue weighted by Crippen LogP contribution is -2.28. The Labute approximate surface area is 104 Å². The first-order valence-corrected chi connectivity index (χ1v) is 6.85. The molecule has 3 rings (SSSR count). The lowest BCUT2D eigenvalue weighted by Gasteiger charge is -2.13. The molecular weight excluding hydrogens is 234 g/mol. The standard InChI is InChI=1S/C12H15N3OS/c16-12(15-6-1-2-7-15)10-8-17-11(14-10)9-4-3-5-13-9/h1-2,8-9,13H,3-7H2. The molecule has 1 aromatic rings. The summed E-state index contributed by atoms with van der Waals surface area (Å²) in [6, 6.07) is 0.359. The molecule has 1 amide bonds. The molecular formula is C12H15N3OS. The maximum absolute atomic E-state index is 12.1. The number of hydrogen-bond donors (Lipinski definition) is 1. The summed E-state index contributed by atoms with van der Waals surface area (Å²) in [6.45, 7) is 2.49. The lowest BCUT2D eigenvalue weighted by molar-refractivity contribution is 0.0795. The fraction of sp³-hybridized carbons (Fsp3) is 0.500. The highest BCUT2D eigenvalue weighted by Crippen LogP contribution is 2.26. The normalized spacial score (nSPS) is 23.5. The van der Waals surface area contributed by atoms with Gasteiger partial charge >= 0.3 is 0 Å². The van der Waals surface area contributed by atoms with Crippen LogP contribution in [-0.4, -0.2) is 35.4 Å².